The lowest BCUT2D eigenvalue weighted by atomic mass is 9.92. The molecule has 0 radical (unpaired) electrons. The van der Waals surface area contributed by atoms with Crippen LogP contribution in [0.4, 0.5) is 0 Å². The van der Waals surface area contributed by atoms with Crippen molar-refractivity contribution in [3.8, 4) is 0 Å². The molecule has 0 aromatic carbocycles. The van der Waals surface area contributed by atoms with E-state index in [2.05, 4.69) is 9.97 Å². The number of hydrogen-bond acceptors (Lipinski definition) is 3. The summed E-state index contributed by atoms with van der Waals surface area (Å²) in [5, 5.41) is 0. The third kappa shape index (κ3) is 2.82. The predicted molar refractivity (Wildman–Crippen MR) is 71.7 cm³/mol. The van der Waals surface area contributed by atoms with E-state index in [1.807, 2.05) is 50.3 Å². The lowest BCUT2D eigenvalue weighted by Crippen LogP contribution is -2.26. The van der Waals surface area contributed by atoms with Crippen LogP contribution in [0.1, 0.15) is 45.3 Å². The van der Waals surface area contributed by atoms with E-state index in [0.717, 1.165) is 5.69 Å². The van der Waals surface area contributed by atoms with Crippen LogP contribution in [-0.4, -0.2) is 17.1 Å². The number of H-pyrrole nitrogens is 1. The molecule has 0 bridgehead atoms. The molecule has 90 valence electrons. The van der Waals surface area contributed by atoms with Crippen molar-refractivity contribution < 1.29 is 4.74 Å². The summed E-state index contributed by atoms with van der Waals surface area (Å²) in [7, 11) is 1.60. The molecule has 5 heteroatoms. The zero-order valence-electron chi connectivity index (χ0n) is 10.2. The molecule has 0 spiro atoms. The SMILES string of the molecule is COC(C)c1nc(C(C)(C)C)c(I)c(=O)[nH]1. The van der Waals surface area contributed by atoms with Gasteiger partial charge in [0.2, 0.25) is 0 Å². The highest BCUT2D eigenvalue weighted by atomic mass is 127. The molecule has 4 nitrogen and oxygen atoms in total. The van der Waals surface area contributed by atoms with Crippen LogP contribution in [0.25, 0.3) is 0 Å². The molecule has 0 saturated heterocycles. The first-order valence-electron chi connectivity index (χ1n) is 5.10. The Balaban J connectivity index is 3.40. The van der Waals surface area contributed by atoms with Gasteiger partial charge in [0.05, 0.1) is 5.69 Å². The maximum absolute atomic E-state index is 11.8. The summed E-state index contributed by atoms with van der Waals surface area (Å²) in [6.45, 7) is 7.98. The van der Waals surface area contributed by atoms with Crippen molar-refractivity contribution in [3.05, 3.63) is 25.4 Å². The molecule has 0 fully saturated rings. The molecule has 16 heavy (non-hydrogen) atoms. The van der Waals surface area contributed by atoms with E-state index in [0.29, 0.717) is 9.39 Å². The summed E-state index contributed by atoms with van der Waals surface area (Å²) in [4.78, 5) is 19.0. The third-order valence-electron chi connectivity index (χ3n) is 2.33. The van der Waals surface area contributed by atoms with Crippen LogP contribution in [0.15, 0.2) is 4.79 Å². The minimum absolute atomic E-state index is 0.0978. The van der Waals surface area contributed by atoms with Crippen LogP contribution < -0.4 is 5.56 Å². The molecule has 0 aliphatic carbocycles. The number of nitrogens with zero attached hydrogens (tertiary/aromatic N) is 1. The highest BCUT2D eigenvalue weighted by Crippen LogP contribution is 2.24. The molecule has 1 N–H and O–H groups in total. The lowest BCUT2D eigenvalue weighted by molar-refractivity contribution is 0.111. The van der Waals surface area contributed by atoms with Crippen molar-refractivity contribution in [2.75, 3.05) is 7.11 Å². The quantitative estimate of drug-likeness (QED) is 0.844. The third-order valence-corrected chi connectivity index (χ3v) is 3.33. The maximum atomic E-state index is 11.8. The summed E-state index contributed by atoms with van der Waals surface area (Å²) < 4.78 is 5.81. The van der Waals surface area contributed by atoms with Gasteiger partial charge in [-0.2, -0.15) is 0 Å². The standard InChI is InChI=1S/C11H17IN2O2/c1-6(16-5)9-13-8(11(2,3)4)7(12)10(15)14-9/h6H,1-5H3,(H,13,14,15). The molecular formula is C11H17IN2O2. The van der Waals surface area contributed by atoms with Gasteiger partial charge in [-0.15, -0.1) is 0 Å². The van der Waals surface area contributed by atoms with Crippen molar-refractivity contribution in [2.45, 2.75) is 39.2 Å². The fraction of sp³-hybridized carbons (Fsp3) is 0.636. The topological polar surface area (TPSA) is 55.0 Å². The van der Waals surface area contributed by atoms with Gasteiger partial charge in [0.15, 0.2) is 0 Å². The van der Waals surface area contributed by atoms with Crippen LogP contribution in [0.5, 0.6) is 0 Å². The summed E-state index contributed by atoms with van der Waals surface area (Å²) in [6, 6.07) is 0. The second kappa shape index (κ2) is 4.83. The van der Waals surface area contributed by atoms with Crippen LogP contribution in [0.3, 0.4) is 0 Å². The average molecular weight is 336 g/mol. The second-order valence-electron chi connectivity index (χ2n) is 4.74. The van der Waals surface area contributed by atoms with Crippen molar-refractivity contribution in [1.82, 2.24) is 9.97 Å². The van der Waals surface area contributed by atoms with Crippen molar-refractivity contribution >= 4 is 22.6 Å². The largest absolute Gasteiger partial charge is 0.374 e. The second-order valence-corrected chi connectivity index (χ2v) is 5.82. The van der Waals surface area contributed by atoms with Gasteiger partial charge < -0.3 is 9.72 Å². The van der Waals surface area contributed by atoms with Crippen LogP contribution >= 0.6 is 22.6 Å². The van der Waals surface area contributed by atoms with Crippen LogP contribution in [0.2, 0.25) is 0 Å². The van der Waals surface area contributed by atoms with Crippen molar-refractivity contribution in [1.29, 1.82) is 0 Å². The summed E-state index contributed by atoms with van der Waals surface area (Å²) in [5.41, 5.74) is 0.572. The number of nitrogens with one attached hydrogen (secondary N) is 1. The molecule has 1 aromatic rings. The number of aromatic amines is 1. The molecule has 1 atom stereocenters. The van der Waals surface area contributed by atoms with Gasteiger partial charge >= 0.3 is 0 Å². The van der Waals surface area contributed by atoms with Crippen LogP contribution in [-0.2, 0) is 10.2 Å². The maximum Gasteiger partial charge on any atom is 0.264 e. The fourth-order valence-electron chi connectivity index (χ4n) is 1.28. The first kappa shape index (κ1) is 13.6. The number of rotatable bonds is 2. The molecule has 0 saturated carbocycles. The molecule has 1 unspecified atom stereocenters. The first-order chi connectivity index (χ1) is 7.27. The predicted octanol–water partition coefficient (Wildman–Crippen LogP) is 2.38. The van der Waals surface area contributed by atoms with E-state index >= 15 is 0 Å². The zero-order chi connectivity index (χ0) is 12.5. The molecule has 1 aromatic heterocycles. The van der Waals surface area contributed by atoms with E-state index in [4.69, 9.17) is 4.74 Å². The Bertz CT molecular complexity index is 435. The molecule has 1 heterocycles. The van der Waals surface area contributed by atoms with E-state index in [-0.39, 0.29) is 17.1 Å². The number of aromatic nitrogens is 2. The van der Waals surface area contributed by atoms with E-state index in [9.17, 15) is 4.79 Å². The van der Waals surface area contributed by atoms with Gasteiger partial charge in [0.25, 0.3) is 5.56 Å². The molecule has 0 aliphatic heterocycles. The van der Waals surface area contributed by atoms with E-state index in [1.54, 1.807) is 7.11 Å². The Labute approximate surface area is 109 Å². The Morgan fingerprint density at radius 3 is 2.44 bits per heavy atom. The van der Waals surface area contributed by atoms with E-state index < -0.39 is 0 Å². The molecule has 0 amide bonds. The normalized spacial score (nSPS) is 13.9. The number of methoxy groups -OCH3 is 1. The summed E-state index contributed by atoms with van der Waals surface area (Å²) in [6.07, 6.45) is -0.203. The van der Waals surface area contributed by atoms with Gasteiger partial charge in [-0.05, 0) is 29.5 Å². The van der Waals surface area contributed by atoms with E-state index in [1.165, 1.54) is 0 Å². The molecular weight excluding hydrogens is 319 g/mol. The van der Waals surface area contributed by atoms with Gasteiger partial charge in [-0.3, -0.25) is 4.79 Å². The Hall–Kier alpha value is -0.430. The molecule has 0 aliphatic rings. The van der Waals surface area contributed by atoms with Gasteiger partial charge in [-0.1, -0.05) is 20.8 Å². The van der Waals surface area contributed by atoms with Crippen molar-refractivity contribution in [3.63, 3.8) is 0 Å². The van der Waals surface area contributed by atoms with Crippen molar-refractivity contribution in [2.24, 2.45) is 0 Å². The molecule has 1 rings (SSSR count). The zero-order valence-corrected chi connectivity index (χ0v) is 12.4. The Kier molecular flexibility index (Phi) is 4.12. The smallest absolute Gasteiger partial charge is 0.264 e. The number of hydrogen-bond donors (Lipinski definition) is 1. The van der Waals surface area contributed by atoms with Gasteiger partial charge in [0.1, 0.15) is 15.5 Å². The monoisotopic (exact) mass is 336 g/mol. The summed E-state index contributed by atoms with van der Waals surface area (Å²) in [5.74, 6) is 0.581. The Morgan fingerprint density at radius 2 is 2.00 bits per heavy atom. The van der Waals surface area contributed by atoms with Gasteiger partial charge in [0, 0.05) is 12.5 Å². The average Bonchev–Trinajstić information content (AvgIpc) is 2.18. The fourth-order valence-corrected chi connectivity index (χ4v) is 2.34. The number of halogens is 1. The lowest BCUT2D eigenvalue weighted by Gasteiger charge is -2.20. The summed E-state index contributed by atoms with van der Waals surface area (Å²) >= 11 is 2.04. The minimum Gasteiger partial charge on any atom is -0.374 e. The highest BCUT2D eigenvalue weighted by molar-refractivity contribution is 14.1. The number of ether oxygens (including phenoxy) is 1. The van der Waals surface area contributed by atoms with Gasteiger partial charge in [-0.25, -0.2) is 4.98 Å². The Morgan fingerprint density at radius 1 is 1.44 bits per heavy atom. The first-order valence-corrected chi connectivity index (χ1v) is 6.18. The minimum atomic E-state index is -0.203. The highest BCUT2D eigenvalue weighted by Gasteiger charge is 2.23. The van der Waals surface area contributed by atoms with Crippen LogP contribution in [0, 0.1) is 3.57 Å².